The Morgan fingerprint density at radius 3 is 2.97 bits per heavy atom. The first-order valence-corrected chi connectivity index (χ1v) is 11.2. The number of amides is 1. The van der Waals surface area contributed by atoms with Gasteiger partial charge in [-0.1, -0.05) is 17.7 Å². The molecule has 0 saturated carbocycles. The lowest BCUT2D eigenvalue weighted by Gasteiger charge is -2.17. The lowest BCUT2D eigenvalue weighted by atomic mass is 10.1. The molecule has 1 aliphatic rings. The summed E-state index contributed by atoms with van der Waals surface area (Å²) in [5.74, 6) is 0.0722. The number of ether oxygens (including phenoxy) is 2. The largest absolute Gasteiger partial charge is 0.486 e. The van der Waals surface area contributed by atoms with Crippen LogP contribution in [-0.4, -0.2) is 46.9 Å². The van der Waals surface area contributed by atoms with Crippen LogP contribution in [0.15, 0.2) is 48.8 Å². The van der Waals surface area contributed by atoms with Crippen LogP contribution < -0.4 is 15.4 Å². The average Bonchev–Trinajstić information content (AvgIpc) is 3.33. The Hall–Kier alpha value is -3.27. The molecular weight excluding hydrogens is 463 g/mol. The maximum Gasteiger partial charge on any atom is 0.248 e. The minimum absolute atomic E-state index is 0.0150. The van der Waals surface area contributed by atoms with Crippen molar-refractivity contribution in [3.63, 3.8) is 0 Å². The van der Waals surface area contributed by atoms with E-state index in [1.807, 2.05) is 0 Å². The highest BCUT2D eigenvalue weighted by atomic mass is 35.5. The highest BCUT2D eigenvalue weighted by molar-refractivity contribution is 6.31. The summed E-state index contributed by atoms with van der Waals surface area (Å²) in [7, 11) is 0. The number of hydrogen-bond acceptors (Lipinski definition) is 7. The van der Waals surface area contributed by atoms with E-state index in [0.29, 0.717) is 59.9 Å². The topological polar surface area (TPSA) is 106 Å². The molecule has 0 unspecified atom stereocenters. The van der Waals surface area contributed by atoms with E-state index in [1.165, 1.54) is 24.5 Å². The molecule has 2 heterocycles. The van der Waals surface area contributed by atoms with Crippen molar-refractivity contribution >= 4 is 45.6 Å². The number of anilines is 3. The maximum atomic E-state index is 13.5. The minimum atomic E-state index is -0.519. The smallest absolute Gasteiger partial charge is 0.248 e. The number of fused-ring (bicyclic) bond motifs is 1. The lowest BCUT2D eigenvalue weighted by molar-refractivity contribution is -0.111. The molecule has 0 aliphatic carbocycles. The average molecular weight is 487 g/mol. The van der Waals surface area contributed by atoms with Crippen molar-refractivity contribution in [1.29, 1.82) is 0 Å². The summed E-state index contributed by atoms with van der Waals surface area (Å²) in [6.45, 7) is 1.14. The van der Waals surface area contributed by atoms with Gasteiger partial charge in [-0.3, -0.25) is 4.79 Å². The van der Waals surface area contributed by atoms with Gasteiger partial charge < -0.3 is 25.2 Å². The molecule has 0 bridgehead atoms. The zero-order valence-electron chi connectivity index (χ0n) is 18.3. The molecule has 4 rings (SSSR count). The van der Waals surface area contributed by atoms with E-state index in [4.69, 9.17) is 26.2 Å². The zero-order chi connectivity index (χ0) is 23.9. The summed E-state index contributed by atoms with van der Waals surface area (Å²) in [5, 5.41) is 15.5. The van der Waals surface area contributed by atoms with Crippen molar-refractivity contribution < 1.29 is 23.8 Å². The second-order valence-corrected chi connectivity index (χ2v) is 8.11. The van der Waals surface area contributed by atoms with E-state index in [-0.39, 0.29) is 23.6 Å². The van der Waals surface area contributed by atoms with Crippen molar-refractivity contribution in [3.8, 4) is 5.75 Å². The number of nitrogens with one attached hydrogen (secondary N) is 2. The molecule has 1 saturated heterocycles. The highest BCUT2D eigenvalue weighted by Gasteiger charge is 2.20. The number of nitrogens with zero attached hydrogens (tertiary/aromatic N) is 2. The summed E-state index contributed by atoms with van der Waals surface area (Å²) >= 11 is 5.90. The first kappa shape index (κ1) is 23.9. The predicted octanol–water partition coefficient (Wildman–Crippen LogP) is 4.60. The number of carbonyl (C=O) groups excluding carboxylic acids is 1. The number of halogens is 2. The third-order valence-electron chi connectivity index (χ3n) is 5.16. The van der Waals surface area contributed by atoms with Gasteiger partial charge in [-0.05, 0) is 43.2 Å². The number of rotatable bonds is 9. The number of carbonyl (C=O) groups is 1. The molecule has 1 fully saturated rings. The molecule has 0 radical (unpaired) electrons. The molecule has 1 aromatic heterocycles. The number of aliphatic hydroxyl groups excluding tert-OH is 1. The molecule has 0 spiro atoms. The molecule has 1 aliphatic heterocycles. The highest BCUT2D eigenvalue weighted by Crippen LogP contribution is 2.35. The first-order valence-electron chi connectivity index (χ1n) is 10.9. The third-order valence-corrected chi connectivity index (χ3v) is 5.45. The van der Waals surface area contributed by atoms with Crippen LogP contribution >= 0.6 is 11.6 Å². The number of aromatic nitrogens is 2. The molecule has 2 aromatic carbocycles. The Morgan fingerprint density at radius 2 is 2.21 bits per heavy atom. The lowest BCUT2D eigenvalue weighted by Crippen LogP contribution is -2.18. The van der Waals surface area contributed by atoms with Crippen LogP contribution in [-0.2, 0) is 9.53 Å². The second kappa shape index (κ2) is 11.2. The predicted molar refractivity (Wildman–Crippen MR) is 128 cm³/mol. The van der Waals surface area contributed by atoms with Gasteiger partial charge in [0.15, 0.2) is 0 Å². The van der Waals surface area contributed by atoms with Crippen LogP contribution in [0.2, 0.25) is 5.02 Å². The number of benzene rings is 2. The van der Waals surface area contributed by atoms with Crippen molar-refractivity contribution in [3.05, 3.63) is 59.7 Å². The minimum Gasteiger partial charge on any atom is -0.486 e. The van der Waals surface area contributed by atoms with Gasteiger partial charge >= 0.3 is 0 Å². The van der Waals surface area contributed by atoms with Crippen LogP contribution in [0, 0.1) is 5.82 Å². The van der Waals surface area contributed by atoms with Crippen LogP contribution in [0.3, 0.4) is 0 Å². The van der Waals surface area contributed by atoms with Crippen LogP contribution in [0.25, 0.3) is 10.9 Å². The van der Waals surface area contributed by atoms with Crippen LogP contribution in [0.1, 0.15) is 19.3 Å². The monoisotopic (exact) mass is 486 g/mol. The third kappa shape index (κ3) is 5.99. The SMILES string of the molecule is O=C(/C=C/CCCO)Nc1cc2c(Nc3ccc(F)c(Cl)c3)ncnc2cc1O[C@H]1CCOC1. The van der Waals surface area contributed by atoms with Crippen molar-refractivity contribution in [1.82, 2.24) is 9.97 Å². The molecule has 3 aromatic rings. The fourth-order valence-corrected chi connectivity index (χ4v) is 3.63. The van der Waals surface area contributed by atoms with Gasteiger partial charge in [0.1, 0.15) is 29.8 Å². The Balaban J connectivity index is 1.67. The van der Waals surface area contributed by atoms with Gasteiger partial charge in [0.2, 0.25) is 5.91 Å². The molecular formula is C24H24ClFN4O4. The summed E-state index contributed by atoms with van der Waals surface area (Å²) in [6.07, 6.45) is 6.31. The van der Waals surface area contributed by atoms with Gasteiger partial charge in [-0.2, -0.15) is 0 Å². The summed E-state index contributed by atoms with van der Waals surface area (Å²) in [5.41, 5.74) is 1.59. The maximum absolute atomic E-state index is 13.5. The van der Waals surface area contributed by atoms with Crippen molar-refractivity contribution in [2.45, 2.75) is 25.4 Å². The van der Waals surface area contributed by atoms with E-state index in [1.54, 1.807) is 24.3 Å². The van der Waals surface area contributed by atoms with Crippen LogP contribution in [0.4, 0.5) is 21.6 Å². The Kier molecular flexibility index (Phi) is 7.89. The van der Waals surface area contributed by atoms with Crippen molar-refractivity contribution in [2.24, 2.45) is 0 Å². The number of unbranched alkanes of at least 4 members (excludes halogenated alkanes) is 1. The van der Waals surface area contributed by atoms with E-state index < -0.39 is 5.82 Å². The van der Waals surface area contributed by atoms with Crippen molar-refractivity contribution in [2.75, 3.05) is 30.5 Å². The van der Waals surface area contributed by atoms with E-state index >= 15 is 0 Å². The quantitative estimate of drug-likeness (QED) is 0.300. The summed E-state index contributed by atoms with van der Waals surface area (Å²) in [6, 6.07) is 7.74. The Labute approximate surface area is 200 Å². The van der Waals surface area contributed by atoms with Gasteiger partial charge in [-0.15, -0.1) is 0 Å². The fraction of sp³-hybridized carbons (Fsp3) is 0.292. The standard InChI is InChI=1S/C24H24ClFN4O4/c25-18-10-15(5-6-19(18)26)29-24-17-11-21(30-23(32)4-2-1-3-8-31)22(12-20(17)27-14-28-24)34-16-7-9-33-13-16/h2,4-6,10-12,14,16,31H,1,3,7-9,13H2,(H,30,32)(H,27,28,29)/b4-2+/t16-/m0/s1. The van der Waals surface area contributed by atoms with Gasteiger partial charge in [0.25, 0.3) is 0 Å². The molecule has 3 N–H and O–H groups in total. The number of hydrogen-bond donors (Lipinski definition) is 3. The number of allylic oxidation sites excluding steroid dienone is 1. The normalized spacial score (nSPS) is 15.7. The molecule has 34 heavy (non-hydrogen) atoms. The van der Waals surface area contributed by atoms with E-state index in [0.717, 1.165) is 6.42 Å². The van der Waals surface area contributed by atoms with Gasteiger partial charge in [0.05, 0.1) is 29.4 Å². The Bertz CT molecular complexity index is 1200. The summed E-state index contributed by atoms with van der Waals surface area (Å²) in [4.78, 5) is 21.2. The van der Waals surface area contributed by atoms with Gasteiger partial charge in [-0.25, -0.2) is 14.4 Å². The van der Waals surface area contributed by atoms with Gasteiger partial charge in [0, 0.05) is 30.2 Å². The van der Waals surface area contributed by atoms with Crippen LogP contribution in [0.5, 0.6) is 5.75 Å². The fourth-order valence-electron chi connectivity index (χ4n) is 3.45. The molecule has 1 amide bonds. The summed E-state index contributed by atoms with van der Waals surface area (Å²) < 4.78 is 25.1. The molecule has 10 heteroatoms. The first-order chi connectivity index (χ1) is 16.5. The molecule has 178 valence electrons. The molecule has 1 atom stereocenters. The van der Waals surface area contributed by atoms with E-state index in [9.17, 15) is 9.18 Å². The Morgan fingerprint density at radius 1 is 1.32 bits per heavy atom. The molecule has 8 nitrogen and oxygen atoms in total. The van der Waals surface area contributed by atoms with E-state index in [2.05, 4.69) is 20.6 Å². The number of aliphatic hydroxyl groups is 1. The second-order valence-electron chi connectivity index (χ2n) is 7.70. The zero-order valence-corrected chi connectivity index (χ0v) is 19.0.